The fourth-order valence-corrected chi connectivity index (χ4v) is 2.02. The molecular formula is C14H14N4O2. The first-order chi connectivity index (χ1) is 9.65. The van der Waals surface area contributed by atoms with E-state index in [1.54, 1.807) is 12.3 Å². The van der Waals surface area contributed by atoms with Crippen LogP contribution in [0.2, 0.25) is 0 Å². The third kappa shape index (κ3) is 2.16. The molecule has 0 fully saturated rings. The lowest BCUT2D eigenvalue weighted by Gasteiger charge is -2.03. The van der Waals surface area contributed by atoms with Gasteiger partial charge in [-0.1, -0.05) is 12.1 Å². The summed E-state index contributed by atoms with van der Waals surface area (Å²) >= 11 is 0. The van der Waals surface area contributed by atoms with Crippen molar-refractivity contribution in [1.82, 2.24) is 20.5 Å². The second kappa shape index (κ2) is 4.80. The average Bonchev–Trinajstić information content (AvgIpc) is 3.03. The van der Waals surface area contributed by atoms with E-state index in [2.05, 4.69) is 20.5 Å². The number of carbonyl (C=O) groups excluding carboxylic acids is 1. The molecule has 1 amide bonds. The van der Waals surface area contributed by atoms with Crippen LogP contribution in [0.15, 0.2) is 28.8 Å². The first-order valence-electron chi connectivity index (χ1n) is 6.28. The van der Waals surface area contributed by atoms with Gasteiger partial charge in [-0.15, -0.1) is 0 Å². The molecule has 102 valence electrons. The third-order valence-corrected chi connectivity index (χ3v) is 3.19. The van der Waals surface area contributed by atoms with Crippen LogP contribution in [0.3, 0.4) is 0 Å². The molecule has 0 aliphatic rings. The van der Waals surface area contributed by atoms with Gasteiger partial charge in [0.05, 0.1) is 29.5 Å². The van der Waals surface area contributed by atoms with Crippen molar-refractivity contribution >= 4 is 16.8 Å². The predicted octanol–water partition coefficient (Wildman–Crippen LogP) is 2.10. The molecule has 0 spiro atoms. The maximum absolute atomic E-state index is 12.2. The number of amides is 1. The van der Waals surface area contributed by atoms with E-state index in [-0.39, 0.29) is 12.5 Å². The molecule has 2 aromatic heterocycles. The van der Waals surface area contributed by atoms with Crippen LogP contribution in [-0.4, -0.2) is 21.1 Å². The molecule has 20 heavy (non-hydrogen) atoms. The number of aromatic amines is 1. The monoisotopic (exact) mass is 270 g/mol. The molecule has 2 heterocycles. The van der Waals surface area contributed by atoms with E-state index < -0.39 is 0 Å². The van der Waals surface area contributed by atoms with Crippen molar-refractivity contribution < 1.29 is 9.21 Å². The molecule has 0 unspecified atom stereocenters. The number of nitrogens with zero attached hydrogens (tertiary/aromatic N) is 2. The highest BCUT2D eigenvalue weighted by Crippen LogP contribution is 2.15. The smallest absolute Gasteiger partial charge is 0.253 e. The zero-order valence-electron chi connectivity index (χ0n) is 11.2. The molecule has 0 saturated carbocycles. The van der Waals surface area contributed by atoms with Gasteiger partial charge in [0.15, 0.2) is 0 Å². The molecule has 3 aromatic rings. The number of aryl methyl sites for hydroxylation is 2. The van der Waals surface area contributed by atoms with E-state index in [4.69, 9.17) is 4.42 Å². The van der Waals surface area contributed by atoms with Gasteiger partial charge in [-0.2, -0.15) is 5.10 Å². The number of rotatable bonds is 3. The minimum atomic E-state index is -0.187. The van der Waals surface area contributed by atoms with Crippen molar-refractivity contribution in [2.75, 3.05) is 0 Å². The summed E-state index contributed by atoms with van der Waals surface area (Å²) in [4.78, 5) is 16.4. The second-order valence-corrected chi connectivity index (χ2v) is 4.57. The number of nitrogens with one attached hydrogen (secondary N) is 2. The molecule has 3 rings (SSSR count). The summed E-state index contributed by atoms with van der Waals surface area (Å²) in [5.41, 5.74) is 2.12. The summed E-state index contributed by atoms with van der Waals surface area (Å²) in [5, 5.41) is 10.5. The summed E-state index contributed by atoms with van der Waals surface area (Å²) in [5.74, 6) is 1.09. The van der Waals surface area contributed by atoms with Crippen LogP contribution in [-0.2, 0) is 6.54 Å². The second-order valence-electron chi connectivity index (χ2n) is 4.57. The summed E-state index contributed by atoms with van der Waals surface area (Å²) < 4.78 is 5.43. The van der Waals surface area contributed by atoms with Crippen LogP contribution in [0.25, 0.3) is 10.9 Å². The average molecular weight is 270 g/mol. The van der Waals surface area contributed by atoms with Crippen molar-refractivity contribution in [1.29, 1.82) is 0 Å². The molecule has 6 nitrogen and oxygen atoms in total. The Morgan fingerprint density at radius 2 is 2.25 bits per heavy atom. The number of carbonyl (C=O) groups is 1. The number of H-pyrrole nitrogens is 1. The lowest BCUT2D eigenvalue weighted by Crippen LogP contribution is -2.23. The lowest BCUT2D eigenvalue weighted by molar-refractivity contribution is 0.0948. The molecule has 0 saturated heterocycles. The maximum Gasteiger partial charge on any atom is 0.253 e. The van der Waals surface area contributed by atoms with E-state index in [1.165, 1.54) is 0 Å². The topological polar surface area (TPSA) is 83.8 Å². The Morgan fingerprint density at radius 1 is 1.40 bits per heavy atom. The van der Waals surface area contributed by atoms with E-state index in [0.29, 0.717) is 11.5 Å². The summed E-state index contributed by atoms with van der Waals surface area (Å²) in [6.07, 6.45) is 1.69. The number of fused-ring (bicyclic) bond motifs is 1. The first kappa shape index (κ1) is 12.4. The minimum absolute atomic E-state index is 0.187. The number of hydrogen-bond acceptors (Lipinski definition) is 4. The number of hydrogen-bond donors (Lipinski definition) is 2. The van der Waals surface area contributed by atoms with Crippen LogP contribution < -0.4 is 5.32 Å². The molecule has 6 heteroatoms. The van der Waals surface area contributed by atoms with Gasteiger partial charge in [0.25, 0.3) is 5.91 Å². The van der Waals surface area contributed by atoms with Crippen molar-refractivity contribution in [3.8, 4) is 0 Å². The highest BCUT2D eigenvalue weighted by atomic mass is 16.4. The van der Waals surface area contributed by atoms with Crippen molar-refractivity contribution in [2.24, 2.45) is 0 Å². The zero-order chi connectivity index (χ0) is 14.1. The number of aromatic nitrogens is 3. The fraction of sp³-hybridized carbons (Fsp3) is 0.214. The largest absolute Gasteiger partial charge is 0.444 e. The predicted molar refractivity (Wildman–Crippen MR) is 73.2 cm³/mol. The molecule has 0 aliphatic carbocycles. The summed E-state index contributed by atoms with van der Waals surface area (Å²) in [6.45, 7) is 3.98. The normalized spacial score (nSPS) is 10.9. The summed E-state index contributed by atoms with van der Waals surface area (Å²) in [7, 11) is 0. The Morgan fingerprint density at radius 3 is 3.00 bits per heavy atom. The van der Waals surface area contributed by atoms with Crippen LogP contribution in [0, 0.1) is 13.8 Å². The zero-order valence-corrected chi connectivity index (χ0v) is 11.2. The van der Waals surface area contributed by atoms with E-state index in [9.17, 15) is 4.79 Å². The van der Waals surface area contributed by atoms with Gasteiger partial charge in [0, 0.05) is 5.39 Å². The molecule has 0 bridgehead atoms. The number of para-hydroxylation sites is 1. The van der Waals surface area contributed by atoms with Crippen LogP contribution in [0.5, 0.6) is 0 Å². The van der Waals surface area contributed by atoms with Crippen molar-refractivity contribution in [3.63, 3.8) is 0 Å². The van der Waals surface area contributed by atoms with Gasteiger partial charge >= 0.3 is 0 Å². The number of oxazole rings is 1. The Hall–Kier alpha value is -2.63. The lowest BCUT2D eigenvalue weighted by atomic mass is 10.1. The molecule has 2 N–H and O–H groups in total. The van der Waals surface area contributed by atoms with Crippen molar-refractivity contribution in [3.05, 3.63) is 47.3 Å². The molecule has 1 aromatic carbocycles. The quantitative estimate of drug-likeness (QED) is 0.763. The molecular weight excluding hydrogens is 256 g/mol. The van der Waals surface area contributed by atoms with Gasteiger partial charge in [-0.05, 0) is 19.9 Å². The highest BCUT2D eigenvalue weighted by molar-refractivity contribution is 6.05. The van der Waals surface area contributed by atoms with Gasteiger partial charge in [-0.25, -0.2) is 4.98 Å². The summed E-state index contributed by atoms with van der Waals surface area (Å²) in [6, 6.07) is 5.48. The Bertz CT molecular complexity index is 753. The Balaban J connectivity index is 1.78. The molecule has 0 atom stereocenters. The van der Waals surface area contributed by atoms with E-state index >= 15 is 0 Å². The standard InChI is InChI=1S/C14H14N4O2/c1-8-9(2)20-12(17-8)7-15-14(19)11-5-3-4-10-6-16-18-13(10)11/h3-6H,7H2,1-2H3,(H,15,19)(H,16,18). The Kier molecular flexibility index (Phi) is 2.98. The fourth-order valence-electron chi connectivity index (χ4n) is 2.02. The van der Waals surface area contributed by atoms with Crippen LogP contribution in [0.1, 0.15) is 27.7 Å². The molecule has 0 aliphatic heterocycles. The Labute approximate surface area is 115 Å². The third-order valence-electron chi connectivity index (χ3n) is 3.19. The first-order valence-corrected chi connectivity index (χ1v) is 6.28. The van der Waals surface area contributed by atoms with E-state index in [0.717, 1.165) is 22.4 Å². The van der Waals surface area contributed by atoms with Crippen LogP contribution >= 0.6 is 0 Å². The van der Waals surface area contributed by atoms with Crippen molar-refractivity contribution in [2.45, 2.75) is 20.4 Å². The SMILES string of the molecule is Cc1nc(CNC(=O)c2cccc3cn[nH]c23)oc1C. The number of benzene rings is 1. The molecule has 0 radical (unpaired) electrons. The van der Waals surface area contributed by atoms with Gasteiger partial charge in [-0.3, -0.25) is 9.89 Å². The van der Waals surface area contributed by atoms with Crippen LogP contribution in [0.4, 0.5) is 0 Å². The minimum Gasteiger partial charge on any atom is -0.444 e. The van der Waals surface area contributed by atoms with Gasteiger partial charge < -0.3 is 9.73 Å². The van der Waals surface area contributed by atoms with Gasteiger partial charge in [0.1, 0.15) is 5.76 Å². The van der Waals surface area contributed by atoms with E-state index in [1.807, 2.05) is 26.0 Å². The maximum atomic E-state index is 12.2. The van der Waals surface area contributed by atoms with Gasteiger partial charge in [0.2, 0.25) is 5.89 Å². The highest BCUT2D eigenvalue weighted by Gasteiger charge is 2.12.